The van der Waals surface area contributed by atoms with Crippen LogP contribution in [0.15, 0.2) is 46.9 Å². The highest BCUT2D eigenvalue weighted by atomic mass is 79.9. The van der Waals surface area contributed by atoms with E-state index in [1.54, 1.807) is 6.07 Å². The van der Waals surface area contributed by atoms with E-state index >= 15 is 0 Å². The van der Waals surface area contributed by atoms with Gasteiger partial charge < -0.3 is 19.5 Å². The molecule has 0 aliphatic carbocycles. The van der Waals surface area contributed by atoms with Gasteiger partial charge in [0.05, 0.1) is 12.7 Å². The number of anilines is 1. The van der Waals surface area contributed by atoms with Crippen molar-refractivity contribution < 1.29 is 24.2 Å². The lowest BCUT2D eigenvalue weighted by Crippen LogP contribution is -2.49. The molecule has 1 aliphatic heterocycles. The highest BCUT2D eigenvalue weighted by Crippen LogP contribution is 2.20. The molecule has 1 aliphatic rings. The Morgan fingerprint density at radius 2 is 1.87 bits per heavy atom. The minimum atomic E-state index is -0.663. The van der Waals surface area contributed by atoms with Gasteiger partial charge in [0.1, 0.15) is 18.5 Å². The first-order valence-corrected chi connectivity index (χ1v) is 10.5. The molecule has 0 saturated carbocycles. The fourth-order valence-corrected chi connectivity index (χ4v) is 3.67. The van der Waals surface area contributed by atoms with Crippen LogP contribution in [-0.2, 0) is 4.74 Å². The Morgan fingerprint density at radius 3 is 2.50 bits per heavy atom. The quantitative estimate of drug-likeness (QED) is 0.463. The van der Waals surface area contributed by atoms with E-state index in [2.05, 4.69) is 42.6 Å². The van der Waals surface area contributed by atoms with Gasteiger partial charge in [0.2, 0.25) is 0 Å². The number of aldehydes is 1. The Balaban J connectivity index is 1.46. The number of carbonyl (C=O) groups is 2. The van der Waals surface area contributed by atoms with E-state index in [1.165, 1.54) is 24.9 Å². The number of hydrogen-bond donors (Lipinski definition) is 1. The summed E-state index contributed by atoms with van der Waals surface area (Å²) < 4.78 is 11.3. The van der Waals surface area contributed by atoms with Crippen LogP contribution >= 0.6 is 15.9 Å². The van der Waals surface area contributed by atoms with Crippen LogP contribution in [0.4, 0.5) is 5.69 Å². The molecule has 0 amide bonds. The number of carbonyl (C=O) groups excluding carboxylic acids is 2. The fraction of sp³-hybridized carbons (Fsp3) is 0.364. The first kappa shape index (κ1) is 22.3. The van der Waals surface area contributed by atoms with Crippen LogP contribution in [0.25, 0.3) is 0 Å². The van der Waals surface area contributed by atoms with Crippen LogP contribution in [-0.4, -0.2) is 74.8 Å². The standard InChI is InChI=1S/C22H25BrN2O5/c1-29-22(28)21-7-6-20(12-16(21)14-26)30-15-19(27)13-24-8-10-25(11-9-24)18-4-2-17(23)3-5-18/h2-7,12,14,19,27H,8-11,13,15H2,1H3/t19-/m1/s1. The van der Waals surface area contributed by atoms with E-state index in [0.717, 1.165) is 30.7 Å². The van der Waals surface area contributed by atoms with Gasteiger partial charge in [-0.2, -0.15) is 0 Å². The van der Waals surface area contributed by atoms with Crippen LogP contribution in [0.3, 0.4) is 0 Å². The second kappa shape index (κ2) is 10.6. The third-order valence-electron chi connectivity index (χ3n) is 5.03. The van der Waals surface area contributed by atoms with Gasteiger partial charge in [-0.15, -0.1) is 0 Å². The lowest BCUT2D eigenvalue weighted by Gasteiger charge is -2.36. The van der Waals surface area contributed by atoms with Crippen LogP contribution in [0.2, 0.25) is 0 Å². The van der Waals surface area contributed by atoms with Crippen LogP contribution < -0.4 is 9.64 Å². The van der Waals surface area contributed by atoms with Gasteiger partial charge in [0.15, 0.2) is 6.29 Å². The molecule has 160 valence electrons. The summed E-state index contributed by atoms with van der Waals surface area (Å²) in [6, 6.07) is 12.8. The number of rotatable bonds is 8. The van der Waals surface area contributed by atoms with Crippen molar-refractivity contribution >= 4 is 33.9 Å². The van der Waals surface area contributed by atoms with E-state index in [4.69, 9.17) is 4.74 Å². The van der Waals surface area contributed by atoms with Gasteiger partial charge >= 0.3 is 5.97 Å². The molecule has 0 aromatic heterocycles. The van der Waals surface area contributed by atoms with E-state index in [9.17, 15) is 14.7 Å². The molecule has 0 unspecified atom stereocenters. The lowest BCUT2D eigenvalue weighted by molar-refractivity contribution is 0.0596. The zero-order valence-electron chi connectivity index (χ0n) is 16.8. The predicted molar refractivity (Wildman–Crippen MR) is 117 cm³/mol. The van der Waals surface area contributed by atoms with E-state index in [0.29, 0.717) is 18.6 Å². The molecule has 1 atom stereocenters. The zero-order chi connectivity index (χ0) is 21.5. The average Bonchev–Trinajstić information content (AvgIpc) is 2.78. The second-order valence-electron chi connectivity index (χ2n) is 7.09. The van der Waals surface area contributed by atoms with Crippen molar-refractivity contribution in [3.05, 3.63) is 58.1 Å². The molecule has 0 bridgehead atoms. The molecule has 0 spiro atoms. The number of β-amino-alcohol motifs (C(OH)–C–C–N with tert-alkyl or cyclic N) is 1. The Hall–Kier alpha value is -2.42. The molecule has 2 aromatic carbocycles. The van der Waals surface area contributed by atoms with Crippen LogP contribution in [0, 0.1) is 0 Å². The fourth-order valence-electron chi connectivity index (χ4n) is 3.41. The van der Waals surface area contributed by atoms with Crippen molar-refractivity contribution in [1.29, 1.82) is 0 Å². The molecule has 7 nitrogen and oxygen atoms in total. The SMILES string of the molecule is COC(=O)c1ccc(OC[C@H](O)CN2CCN(c3ccc(Br)cc3)CC2)cc1C=O. The summed E-state index contributed by atoms with van der Waals surface area (Å²) >= 11 is 3.45. The number of esters is 1. The van der Waals surface area contributed by atoms with Crippen molar-refractivity contribution in [3.8, 4) is 5.75 Å². The maximum absolute atomic E-state index is 11.6. The van der Waals surface area contributed by atoms with Crippen molar-refractivity contribution in [2.24, 2.45) is 0 Å². The number of hydrogen-bond acceptors (Lipinski definition) is 7. The zero-order valence-corrected chi connectivity index (χ0v) is 18.4. The normalized spacial score (nSPS) is 15.5. The number of benzene rings is 2. The number of aliphatic hydroxyl groups is 1. The van der Waals surface area contributed by atoms with Crippen molar-refractivity contribution in [2.45, 2.75) is 6.10 Å². The number of piperazine rings is 1. The summed E-state index contributed by atoms with van der Waals surface area (Å²) in [5, 5.41) is 10.4. The highest BCUT2D eigenvalue weighted by Gasteiger charge is 2.20. The third kappa shape index (κ3) is 5.81. The molecule has 1 N–H and O–H groups in total. The third-order valence-corrected chi connectivity index (χ3v) is 5.56. The van der Waals surface area contributed by atoms with Crippen molar-refractivity contribution in [3.63, 3.8) is 0 Å². The minimum Gasteiger partial charge on any atom is -0.491 e. The van der Waals surface area contributed by atoms with Gasteiger partial charge in [-0.1, -0.05) is 15.9 Å². The summed E-state index contributed by atoms with van der Waals surface area (Å²) in [5.74, 6) is -0.158. The van der Waals surface area contributed by atoms with E-state index in [1.807, 2.05) is 12.1 Å². The number of methoxy groups -OCH3 is 1. The van der Waals surface area contributed by atoms with Gasteiger partial charge in [0, 0.05) is 48.4 Å². The largest absolute Gasteiger partial charge is 0.491 e. The first-order valence-electron chi connectivity index (χ1n) is 9.71. The van der Waals surface area contributed by atoms with Gasteiger partial charge in [-0.05, 0) is 42.5 Å². The molecule has 1 fully saturated rings. The van der Waals surface area contributed by atoms with E-state index < -0.39 is 12.1 Å². The molecule has 8 heteroatoms. The summed E-state index contributed by atoms with van der Waals surface area (Å²) in [5.41, 5.74) is 1.57. The summed E-state index contributed by atoms with van der Waals surface area (Å²) in [4.78, 5) is 27.4. The molecule has 2 aromatic rings. The second-order valence-corrected chi connectivity index (χ2v) is 8.00. The summed E-state index contributed by atoms with van der Waals surface area (Å²) in [6.45, 7) is 4.12. The average molecular weight is 477 g/mol. The number of ether oxygens (including phenoxy) is 2. The molecule has 3 rings (SSSR count). The molecule has 1 heterocycles. The maximum atomic E-state index is 11.6. The Kier molecular flexibility index (Phi) is 7.84. The Labute approximate surface area is 184 Å². The molecular formula is C22H25BrN2O5. The van der Waals surface area contributed by atoms with Gasteiger partial charge in [-0.3, -0.25) is 9.69 Å². The smallest absolute Gasteiger partial charge is 0.338 e. The Morgan fingerprint density at radius 1 is 1.17 bits per heavy atom. The number of aliphatic hydroxyl groups excluding tert-OH is 1. The molecule has 1 saturated heterocycles. The maximum Gasteiger partial charge on any atom is 0.338 e. The van der Waals surface area contributed by atoms with Crippen molar-refractivity contribution in [1.82, 2.24) is 4.90 Å². The first-order chi connectivity index (χ1) is 14.5. The Bertz CT molecular complexity index is 866. The molecule has 0 radical (unpaired) electrons. The number of nitrogens with zero attached hydrogens (tertiary/aromatic N) is 2. The molecular weight excluding hydrogens is 452 g/mol. The van der Waals surface area contributed by atoms with Crippen molar-refractivity contribution in [2.75, 3.05) is 51.3 Å². The monoisotopic (exact) mass is 476 g/mol. The number of halogens is 1. The predicted octanol–water partition coefficient (Wildman–Crippen LogP) is 2.61. The minimum absolute atomic E-state index is 0.1000. The summed E-state index contributed by atoms with van der Waals surface area (Å²) in [6.07, 6.45) is -0.0790. The topological polar surface area (TPSA) is 79.3 Å². The molecule has 30 heavy (non-hydrogen) atoms. The van der Waals surface area contributed by atoms with Gasteiger partial charge in [-0.25, -0.2) is 4.79 Å². The summed E-state index contributed by atoms with van der Waals surface area (Å²) in [7, 11) is 1.26. The van der Waals surface area contributed by atoms with Crippen LogP contribution in [0.5, 0.6) is 5.75 Å². The van der Waals surface area contributed by atoms with E-state index in [-0.39, 0.29) is 17.7 Å². The lowest BCUT2D eigenvalue weighted by atomic mass is 10.1. The van der Waals surface area contributed by atoms with Gasteiger partial charge in [0.25, 0.3) is 0 Å². The van der Waals surface area contributed by atoms with Crippen LogP contribution in [0.1, 0.15) is 20.7 Å². The highest BCUT2D eigenvalue weighted by molar-refractivity contribution is 9.10.